The smallest absolute Gasteiger partial charge is 0.252 e. The number of hydrogen-bond donors (Lipinski definition) is 1. The molecule has 0 aliphatic rings. The van der Waals surface area contributed by atoms with Gasteiger partial charge in [-0.3, -0.25) is 9.69 Å². The minimum Gasteiger partial charge on any atom is -0.468 e. The number of benzene rings is 2. The van der Waals surface area contributed by atoms with Crippen LogP contribution in [0.1, 0.15) is 47.7 Å². The van der Waals surface area contributed by atoms with Gasteiger partial charge in [0, 0.05) is 12.1 Å². The number of pyridine rings is 1. The molecule has 2 aromatic carbocycles. The number of aromatic amines is 1. The van der Waals surface area contributed by atoms with Crippen LogP contribution in [0.5, 0.6) is 0 Å². The molecular formula is C27H28N6O2. The molecule has 0 spiro atoms. The molecule has 0 saturated heterocycles. The van der Waals surface area contributed by atoms with Crippen molar-refractivity contribution in [3.63, 3.8) is 0 Å². The zero-order valence-electron chi connectivity index (χ0n) is 19.9. The molecule has 0 amide bonds. The van der Waals surface area contributed by atoms with Crippen molar-refractivity contribution < 1.29 is 4.42 Å². The van der Waals surface area contributed by atoms with Gasteiger partial charge in [0.05, 0.1) is 30.9 Å². The van der Waals surface area contributed by atoms with Gasteiger partial charge in [-0.1, -0.05) is 55.5 Å². The van der Waals surface area contributed by atoms with E-state index >= 15 is 0 Å². The van der Waals surface area contributed by atoms with Crippen LogP contribution >= 0.6 is 0 Å². The predicted molar refractivity (Wildman–Crippen MR) is 134 cm³/mol. The zero-order valence-corrected chi connectivity index (χ0v) is 19.9. The van der Waals surface area contributed by atoms with Crippen molar-refractivity contribution in [1.82, 2.24) is 30.1 Å². The number of rotatable bonds is 9. The van der Waals surface area contributed by atoms with Gasteiger partial charge in [0.1, 0.15) is 5.76 Å². The maximum absolute atomic E-state index is 13.1. The molecule has 1 N–H and O–H groups in total. The molecule has 8 heteroatoms. The van der Waals surface area contributed by atoms with Crippen molar-refractivity contribution in [2.45, 2.75) is 45.9 Å². The summed E-state index contributed by atoms with van der Waals surface area (Å²) >= 11 is 0. The van der Waals surface area contributed by atoms with Crippen LogP contribution in [0, 0.1) is 6.92 Å². The lowest BCUT2D eigenvalue weighted by atomic mass is 10.1. The van der Waals surface area contributed by atoms with E-state index in [1.165, 1.54) is 0 Å². The summed E-state index contributed by atoms with van der Waals surface area (Å²) in [6.45, 7) is 5.63. The van der Waals surface area contributed by atoms with Gasteiger partial charge < -0.3 is 9.40 Å². The Morgan fingerprint density at radius 2 is 1.91 bits per heavy atom. The van der Waals surface area contributed by atoms with Crippen molar-refractivity contribution in [2.24, 2.45) is 0 Å². The number of aromatic nitrogens is 5. The van der Waals surface area contributed by atoms with Crippen LogP contribution in [-0.2, 0) is 19.6 Å². The number of nitrogens with zero attached hydrogens (tertiary/aromatic N) is 5. The largest absolute Gasteiger partial charge is 0.468 e. The van der Waals surface area contributed by atoms with E-state index in [9.17, 15) is 4.79 Å². The molecule has 0 fully saturated rings. The number of nitrogens with one attached hydrogen (secondary N) is 1. The van der Waals surface area contributed by atoms with Crippen LogP contribution in [0.4, 0.5) is 0 Å². The van der Waals surface area contributed by atoms with Crippen LogP contribution in [-0.4, -0.2) is 30.1 Å². The van der Waals surface area contributed by atoms with Crippen molar-refractivity contribution in [2.75, 3.05) is 0 Å². The first-order valence-electron chi connectivity index (χ1n) is 11.8. The Labute approximate surface area is 203 Å². The van der Waals surface area contributed by atoms with Crippen LogP contribution < -0.4 is 5.56 Å². The summed E-state index contributed by atoms with van der Waals surface area (Å²) in [6.07, 6.45) is 2.43. The van der Waals surface area contributed by atoms with E-state index in [1.807, 2.05) is 66.2 Å². The van der Waals surface area contributed by atoms with E-state index in [-0.39, 0.29) is 11.6 Å². The number of furan rings is 1. The van der Waals surface area contributed by atoms with E-state index in [2.05, 4.69) is 44.5 Å². The number of para-hydroxylation sites is 1. The van der Waals surface area contributed by atoms with Gasteiger partial charge >= 0.3 is 0 Å². The molecule has 5 rings (SSSR count). The zero-order chi connectivity index (χ0) is 24.2. The molecule has 0 saturated carbocycles. The predicted octanol–water partition coefficient (Wildman–Crippen LogP) is 4.62. The normalized spacial score (nSPS) is 12.4. The quantitative estimate of drug-likeness (QED) is 0.339. The number of hydrogen-bond acceptors (Lipinski definition) is 6. The highest BCUT2D eigenvalue weighted by atomic mass is 16.3. The Kier molecular flexibility index (Phi) is 6.54. The maximum Gasteiger partial charge on any atom is 0.252 e. The highest BCUT2D eigenvalue weighted by Gasteiger charge is 2.27. The molecule has 0 bridgehead atoms. The lowest BCUT2D eigenvalue weighted by Crippen LogP contribution is -2.32. The van der Waals surface area contributed by atoms with Gasteiger partial charge in [0.25, 0.3) is 5.56 Å². The topological polar surface area (TPSA) is 92.8 Å². The monoisotopic (exact) mass is 468 g/mol. The minimum absolute atomic E-state index is 0.0880. The summed E-state index contributed by atoms with van der Waals surface area (Å²) in [7, 11) is 0. The fourth-order valence-corrected chi connectivity index (χ4v) is 4.57. The second-order valence-electron chi connectivity index (χ2n) is 8.75. The molecule has 1 atom stereocenters. The summed E-state index contributed by atoms with van der Waals surface area (Å²) in [5.41, 5.74) is 3.64. The minimum atomic E-state index is -0.119. The Morgan fingerprint density at radius 3 is 2.69 bits per heavy atom. The van der Waals surface area contributed by atoms with Gasteiger partial charge in [-0.25, -0.2) is 4.68 Å². The molecule has 0 radical (unpaired) electrons. The maximum atomic E-state index is 13.1. The van der Waals surface area contributed by atoms with E-state index < -0.39 is 0 Å². The van der Waals surface area contributed by atoms with Gasteiger partial charge in [0.2, 0.25) is 0 Å². The number of H-pyrrole nitrogens is 1. The number of tetrazole rings is 1. The Bertz CT molecular complexity index is 1460. The molecule has 0 aliphatic carbocycles. The molecule has 178 valence electrons. The summed E-state index contributed by atoms with van der Waals surface area (Å²) in [4.78, 5) is 18.4. The number of fused-ring (bicyclic) bond motifs is 1. The van der Waals surface area contributed by atoms with Crippen LogP contribution in [0.15, 0.2) is 82.2 Å². The van der Waals surface area contributed by atoms with E-state index in [1.54, 1.807) is 6.26 Å². The van der Waals surface area contributed by atoms with Crippen molar-refractivity contribution >= 4 is 10.9 Å². The molecular weight excluding hydrogens is 440 g/mol. The van der Waals surface area contributed by atoms with Gasteiger partial charge in [-0.15, -0.1) is 5.10 Å². The average Bonchev–Trinajstić information content (AvgIpc) is 3.54. The van der Waals surface area contributed by atoms with E-state index in [4.69, 9.17) is 4.42 Å². The third kappa shape index (κ3) is 4.93. The third-order valence-corrected chi connectivity index (χ3v) is 6.34. The Balaban J connectivity index is 1.51. The van der Waals surface area contributed by atoms with Crippen LogP contribution in [0.25, 0.3) is 10.9 Å². The average molecular weight is 469 g/mol. The summed E-state index contributed by atoms with van der Waals surface area (Å²) in [5, 5.41) is 13.7. The standard InChI is InChI=1S/C27H28N6O2/c1-3-24(26-29-30-31-33(26)16-20-10-5-4-6-11-20)32(18-23-13-8-14-35-23)17-22-15-21-12-7-9-19(2)25(21)28-27(22)34/h4-15,24H,3,16-18H2,1-2H3,(H,28,34)/t24-/m1/s1. The lowest BCUT2D eigenvalue weighted by molar-refractivity contribution is 0.149. The van der Waals surface area contributed by atoms with Gasteiger partial charge in [-0.2, -0.15) is 0 Å². The van der Waals surface area contributed by atoms with E-state index in [0.29, 0.717) is 25.2 Å². The Hall–Kier alpha value is -4.04. The highest BCUT2D eigenvalue weighted by molar-refractivity contribution is 5.81. The first-order chi connectivity index (χ1) is 17.1. The molecule has 3 aromatic heterocycles. The fraction of sp³-hybridized carbons (Fsp3) is 0.259. The van der Waals surface area contributed by atoms with Gasteiger partial charge in [0.15, 0.2) is 5.82 Å². The third-order valence-electron chi connectivity index (χ3n) is 6.34. The SMILES string of the molecule is CC[C@H](c1nnnn1Cc1ccccc1)N(Cc1ccco1)Cc1cc2cccc(C)c2[nH]c1=O. The van der Waals surface area contributed by atoms with Gasteiger partial charge in [-0.05, 0) is 58.5 Å². The Morgan fingerprint density at radius 1 is 1.06 bits per heavy atom. The second kappa shape index (κ2) is 10.1. The van der Waals surface area contributed by atoms with Crippen LogP contribution in [0.2, 0.25) is 0 Å². The molecule has 0 unspecified atom stereocenters. The molecule has 5 aromatic rings. The van der Waals surface area contributed by atoms with Crippen molar-refractivity contribution in [3.05, 3.63) is 112 Å². The van der Waals surface area contributed by atoms with Crippen LogP contribution in [0.3, 0.4) is 0 Å². The van der Waals surface area contributed by atoms with Crippen molar-refractivity contribution in [1.29, 1.82) is 0 Å². The summed E-state index contributed by atoms with van der Waals surface area (Å²) in [6, 6.07) is 21.8. The second-order valence-corrected chi connectivity index (χ2v) is 8.75. The molecule has 35 heavy (non-hydrogen) atoms. The summed E-state index contributed by atoms with van der Waals surface area (Å²) in [5.74, 6) is 1.58. The van der Waals surface area contributed by atoms with E-state index in [0.717, 1.165) is 40.0 Å². The first-order valence-corrected chi connectivity index (χ1v) is 11.8. The first kappa shape index (κ1) is 22.7. The molecule has 3 heterocycles. The summed E-state index contributed by atoms with van der Waals surface area (Å²) < 4.78 is 7.51. The number of aryl methyl sites for hydroxylation is 1. The molecule has 8 nitrogen and oxygen atoms in total. The fourth-order valence-electron chi connectivity index (χ4n) is 4.57. The highest BCUT2D eigenvalue weighted by Crippen LogP contribution is 2.27. The van der Waals surface area contributed by atoms with Crippen molar-refractivity contribution in [3.8, 4) is 0 Å². The lowest BCUT2D eigenvalue weighted by Gasteiger charge is -2.29. The molecule has 0 aliphatic heterocycles.